The number of nitrogens with zero attached hydrogens (tertiary/aromatic N) is 2. The van der Waals surface area contributed by atoms with Gasteiger partial charge in [0.1, 0.15) is 5.01 Å². The average molecular weight is 392 g/mol. The summed E-state index contributed by atoms with van der Waals surface area (Å²) in [4.78, 5) is 13.7. The van der Waals surface area contributed by atoms with Crippen LogP contribution in [0.15, 0.2) is 29.2 Å². The highest BCUT2D eigenvalue weighted by Gasteiger charge is 2.18. The molecule has 1 fully saturated rings. The van der Waals surface area contributed by atoms with Gasteiger partial charge in [0.15, 0.2) is 0 Å². The SMILES string of the molecule is CCCCCc1nnc(NC(=O)c2ccccc2SCC2CCCO2)s1. The maximum atomic E-state index is 12.7. The molecule has 3 rings (SSSR count). The second-order valence-corrected chi connectivity index (χ2v) is 8.48. The normalized spacial score (nSPS) is 16.7. The Morgan fingerprint density at radius 2 is 2.23 bits per heavy atom. The third-order valence-corrected chi connectivity index (χ3v) is 6.37. The predicted molar refractivity (Wildman–Crippen MR) is 107 cm³/mol. The van der Waals surface area contributed by atoms with E-state index in [0.29, 0.717) is 16.8 Å². The van der Waals surface area contributed by atoms with Gasteiger partial charge in [-0.25, -0.2) is 0 Å². The van der Waals surface area contributed by atoms with Crippen molar-refractivity contribution in [1.82, 2.24) is 10.2 Å². The molecule has 1 N–H and O–H groups in total. The first-order valence-corrected chi connectivity index (χ1v) is 11.0. The van der Waals surface area contributed by atoms with Crippen molar-refractivity contribution in [2.45, 2.75) is 56.4 Å². The number of hydrogen-bond acceptors (Lipinski definition) is 6. The molecule has 140 valence electrons. The second kappa shape index (κ2) is 10.0. The third kappa shape index (κ3) is 5.53. The molecule has 1 saturated heterocycles. The van der Waals surface area contributed by atoms with Crippen LogP contribution >= 0.6 is 23.1 Å². The van der Waals surface area contributed by atoms with Gasteiger partial charge in [0.05, 0.1) is 11.7 Å². The number of amides is 1. The molecular formula is C19H25N3O2S2. The van der Waals surface area contributed by atoms with E-state index in [1.165, 1.54) is 24.2 Å². The summed E-state index contributed by atoms with van der Waals surface area (Å²) in [6.45, 7) is 3.03. The van der Waals surface area contributed by atoms with E-state index in [9.17, 15) is 4.79 Å². The number of benzene rings is 1. The lowest BCUT2D eigenvalue weighted by Crippen LogP contribution is -2.14. The minimum atomic E-state index is -0.128. The lowest BCUT2D eigenvalue weighted by atomic mass is 10.2. The number of aromatic nitrogens is 2. The van der Waals surface area contributed by atoms with Gasteiger partial charge in [0.25, 0.3) is 5.91 Å². The summed E-state index contributed by atoms with van der Waals surface area (Å²) < 4.78 is 5.68. The smallest absolute Gasteiger partial charge is 0.258 e. The van der Waals surface area contributed by atoms with Crippen molar-refractivity contribution in [3.63, 3.8) is 0 Å². The number of anilines is 1. The van der Waals surface area contributed by atoms with Crippen LogP contribution in [0.1, 0.15) is 54.4 Å². The number of thioether (sulfide) groups is 1. The van der Waals surface area contributed by atoms with Gasteiger partial charge in [-0.15, -0.1) is 22.0 Å². The molecule has 1 aliphatic heterocycles. The van der Waals surface area contributed by atoms with E-state index in [0.717, 1.165) is 47.9 Å². The molecule has 0 bridgehead atoms. The summed E-state index contributed by atoms with van der Waals surface area (Å²) in [6.07, 6.45) is 6.94. The highest BCUT2D eigenvalue weighted by Crippen LogP contribution is 2.27. The Bertz CT molecular complexity index is 714. The molecule has 0 radical (unpaired) electrons. The summed E-state index contributed by atoms with van der Waals surface area (Å²) in [7, 11) is 0. The molecule has 2 aromatic rings. The van der Waals surface area contributed by atoms with E-state index in [-0.39, 0.29) is 5.91 Å². The second-order valence-electron chi connectivity index (χ2n) is 6.35. The fourth-order valence-corrected chi connectivity index (χ4v) is 4.73. The molecule has 1 unspecified atom stereocenters. The third-order valence-electron chi connectivity index (χ3n) is 4.26. The molecule has 7 heteroatoms. The zero-order valence-electron chi connectivity index (χ0n) is 15.1. The van der Waals surface area contributed by atoms with E-state index in [4.69, 9.17) is 4.74 Å². The van der Waals surface area contributed by atoms with Crippen molar-refractivity contribution in [1.29, 1.82) is 0 Å². The van der Waals surface area contributed by atoms with Gasteiger partial charge < -0.3 is 4.74 Å². The van der Waals surface area contributed by atoms with E-state index in [1.807, 2.05) is 24.3 Å². The Morgan fingerprint density at radius 1 is 1.35 bits per heavy atom. The lowest BCUT2D eigenvalue weighted by molar-refractivity contribution is 0.102. The average Bonchev–Trinajstić information content (AvgIpc) is 3.32. The van der Waals surface area contributed by atoms with Crippen LogP contribution in [0.2, 0.25) is 0 Å². The molecule has 0 saturated carbocycles. The number of rotatable bonds is 9. The standard InChI is InChI=1S/C19H25N3O2S2/c1-2-3-4-11-17-21-22-19(26-17)20-18(23)15-9-5-6-10-16(15)25-13-14-8-7-12-24-14/h5-6,9-10,14H,2-4,7-8,11-13H2,1H3,(H,20,22,23). The van der Waals surface area contributed by atoms with Gasteiger partial charge in [-0.2, -0.15) is 0 Å². The Balaban J connectivity index is 1.58. The molecule has 1 aromatic heterocycles. The van der Waals surface area contributed by atoms with Gasteiger partial charge >= 0.3 is 0 Å². The molecular weight excluding hydrogens is 366 g/mol. The minimum absolute atomic E-state index is 0.128. The van der Waals surface area contributed by atoms with Crippen LogP contribution in [0.3, 0.4) is 0 Å². The molecule has 1 aromatic carbocycles. The quantitative estimate of drug-likeness (QED) is 0.492. The van der Waals surface area contributed by atoms with Crippen molar-refractivity contribution in [2.75, 3.05) is 17.7 Å². The number of aryl methyl sites for hydroxylation is 1. The topological polar surface area (TPSA) is 64.1 Å². The molecule has 0 aliphatic carbocycles. The summed E-state index contributed by atoms with van der Waals surface area (Å²) in [5.74, 6) is 0.752. The number of nitrogens with one attached hydrogen (secondary N) is 1. The summed E-state index contributed by atoms with van der Waals surface area (Å²) in [6, 6.07) is 7.70. The molecule has 2 heterocycles. The van der Waals surface area contributed by atoms with Crippen molar-refractivity contribution in [3.05, 3.63) is 34.8 Å². The zero-order chi connectivity index (χ0) is 18.2. The fraction of sp³-hybridized carbons (Fsp3) is 0.526. The number of hydrogen-bond donors (Lipinski definition) is 1. The van der Waals surface area contributed by atoms with Crippen LogP contribution in [0.25, 0.3) is 0 Å². The Labute approximate surface area is 162 Å². The van der Waals surface area contributed by atoms with Crippen molar-refractivity contribution in [3.8, 4) is 0 Å². The number of ether oxygens (including phenoxy) is 1. The first-order valence-electron chi connectivity index (χ1n) is 9.23. The largest absolute Gasteiger partial charge is 0.377 e. The molecule has 1 aliphatic rings. The predicted octanol–water partition coefficient (Wildman–Crippen LogP) is 4.79. The van der Waals surface area contributed by atoms with Gasteiger partial charge in [-0.3, -0.25) is 10.1 Å². The monoisotopic (exact) mass is 391 g/mol. The van der Waals surface area contributed by atoms with Gasteiger partial charge in [-0.05, 0) is 31.4 Å². The maximum absolute atomic E-state index is 12.7. The van der Waals surface area contributed by atoms with Crippen LogP contribution in [0.4, 0.5) is 5.13 Å². The summed E-state index contributed by atoms with van der Waals surface area (Å²) in [5, 5.41) is 12.7. The number of carbonyl (C=O) groups is 1. The minimum Gasteiger partial charge on any atom is -0.377 e. The van der Waals surface area contributed by atoms with Crippen molar-refractivity contribution >= 4 is 34.1 Å². The Kier molecular flexibility index (Phi) is 7.46. The maximum Gasteiger partial charge on any atom is 0.258 e. The van der Waals surface area contributed by atoms with E-state index in [2.05, 4.69) is 22.4 Å². The summed E-state index contributed by atoms with van der Waals surface area (Å²) in [5.41, 5.74) is 0.679. The first kappa shape index (κ1) is 19.3. The van der Waals surface area contributed by atoms with E-state index >= 15 is 0 Å². The van der Waals surface area contributed by atoms with Crippen LogP contribution in [-0.4, -0.2) is 34.6 Å². The lowest BCUT2D eigenvalue weighted by Gasteiger charge is -2.11. The van der Waals surface area contributed by atoms with Crippen molar-refractivity contribution in [2.24, 2.45) is 0 Å². The van der Waals surface area contributed by atoms with Crippen LogP contribution in [0.5, 0.6) is 0 Å². The first-order chi connectivity index (χ1) is 12.8. The van der Waals surface area contributed by atoms with Crippen LogP contribution < -0.4 is 5.32 Å². The molecule has 1 amide bonds. The Hall–Kier alpha value is -1.44. The fourth-order valence-electron chi connectivity index (χ4n) is 2.83. The van der Waals surface area contributed by atoms with Crippen molar-refractivity contribution < 1.29 is 9.53 Å². The Morgan fingerprint density at radius 3 is 3.04 bits per heavy atom. The van der Waals surface area contributed by atoms with Gasteiger partial charge in [-0.1, -0.05) is 43.2 Å². The highest BCUT2D eigenvalue weighted by atomic mass is 32.2. The highest BCUT2D eigenvalue weighted by molar-refractivity contribution is 7.99. The molecule has 1 atom stereocenters. The molecule has 0 spiro atoms. The molecule has 5 nitrogen and oxygen atoms in total. The number of carbonyl (C=O) groups excluding carboxylic acids is 1. The van der Waals surface area contributed by atoms with E-state index in [1.54, 1.807) is 11.8 Å². The molecule has 26 heavy (non-hydrogen) atoms. The van der Waals surface area contributed by atoms with Gasteiger partial charge in [0.2, 0.25) is 5.13 Å². The number of unbranched alkanes of at least 4 members (excludes halogenated alkanes) is 2. The summed E-state index contributed by atoms with van der Waals surface area (Å²) >= 11 is 3.15. The van der Waals surface area contributed by atoms with Crippen LogP contribution in [0, 0.1) is 0 Å². The van der Waals surface area contributed by atoms with Crippen LogP contribution in [-0.2, 0) is 11.2 Å². The van der Waals surface area contributed by atoms with E-state index < -0.39 is 0 Å². The zero-order valence-corrected chi connectivity index (χ0v) is 16.7. The van der Waals surface area contributed by atoms with Gasteiger partial charge in [0, 0.05) is 23.7 Å².